The summed E-state index contributed by atoms with van der Waals surface area (Å²) in [6.07, 6.45) is 6.32. The topological polar surface area (TPSA) is 64.8 Å². The molecule has 0 aromatic carbocycles. The van der Waals surface area contributed by atoms with Crippen LogP contribution in [-0.2, 0) is 4.74 Å². The Balaban J connectivity index is 1.44. The van der Waals surface area contributed by atoms with Gasteiger partial charge >= 0.3 is 0 Å². The third-order valence-electron chi connectivity index (χ3n) is 5.20. The van der Waals surface area contributed by atoms with Gasteiger partial charge in [-0.05, 0) is 37.5 Å². The van der Waals surface area contributed by atoms with E-state index in [0.717, 1.165) is 19.3 Å². The van der Waals surface area contributed by atoms with Crippen molar-refractivity contribution in [1.82, 2.24) is 9.88 Å². The number of hydrogen-bond acceptors (Lipinski definition) is 5. The minimum atomic E-state index is -0.324. The molecule has 0 bridgehead atoms. The first kappa shape index (κ1) is 16.1. The largest absolute Gasteiger partial charge is 0.477 e. The molecule has 3 heterocycles. The van der Waals surface area contributed by atoms with Crippen LogP contribution in [0.1, 0.15) is 29.8 Å². The average Bonchev–Trinajstić information content (AvgIpc) is 3.31. The van der Waals surface area contributed by atoms with Gasteiger partial charge in [-0.15, -0.1) is 0 Å². The van der Waals surface area contributed by atoms with Crippen LogP contribution in [0.2, 0.25) is 0 Å². The molecule has 2 aliphatic rings. The zero-order valence-corrected chi connectivity index (χ0v) is 14.1. The molecule has 6 nitrogen and oxygen atoms in total. The minimum Gasteiger partial charge on any atom is -0.477 e. The number of pyridine rings is 1. The maximum absolute atomic E-state index is 12.6. The van der Waals surface area contributed by atoms with E-state index in [9.17, 15) is 4.79 Å². The van der Waals surface area contributed by atoms with Crippen LogP contribution in [-0.4, -0.2) is 47.7 Å². The lowest BCUT2D eigenvalue weighted by atomic mass is 9.89. The second kappa shape index (κ2) is 6.88. The van der Waals surface area contributed by atoms with Crippen LogP contribution < -0.4 is 4.74 Å². The molecule has 2 aromatic rings. The Bertz CT molecular complexity index is 703. The molecular weight excluding hydrogens is 320 g/mol. The number of carbonyl (C=O) groups excluding carboxylic acids is 1. The highest BCUT2D eigenvalue weighted by atomic mass is 16.5. The van der Waals surface area contributed by atoms with Gasteiger partial charge in [0.25, 0.3) is 5.91 Å². The van der Waals surface area contributed by atoms with E-state index >= 15 is 0 Å². The first-order valence-electron chi connectivity index (χ1n) is 8.77. The van der Waals surface area contributed by atoms with E-state index in [0.29, 0.717) is 37.9 Å². The Morgan fingerprint density at radius 3 is 3.12 bits per heavy atom. The summed E-state index contributed by atoms with van der Waals surface area (Å²) in [6.45, 7) is 2.28. The van der Waals surface area contributed by atoms with Crippen molar-refractivity contribution in [3.8, 4) is 5.88 Å². The molecule has 0 radical (unpaired) electrons. The molecule has 2 aromatic heterocycles. The van der Waals surface area contributed by atoms with Crippen LogP contribution in [0.4, 0.5) is 0 Å². The standard InChI is InChI=1S/C19H22N2O4/c22-18(16-6-4-11-23-16)21-10-12-25-19(14-21)8-3-5-15(19)13-24-17-7-1-2-9-20-17/h1-2,4,6-7,9,11,15H,3,5,8,10,12-14H2/t15-,19-/m1/s1. The van der Waals surface area contributed by atoms with Crippen LogP contribution in [0.25, 0.3) is 0 Å². The van der Waals surface area contributed by atoms with E-state index in [4.69, 9.17) is 13.9 Å². The molecule has 1 saturated heterocycles. The summed E-state index contributed by atoms with van der Waals surface area (Å²) in [6, 6.07) is 9.08. The van der Waals surface area contributed by atoms with E-state index in [1.54, 1.807) is 18.3 Å². The second-order valence-electron chi connectivity index (χ2n) is 6.69. The Kier molecular flexibility index (Phi) is 4.44. The fraction of sp³-hybridized carbons (Fsp3) is 0.474. The summed E-state index contributed by atoms with van der Waals surface area (Å²) in [5, 5.41) is 0. The molecular formula is C19H22N2O4. The van der Waals surface area contributed by atoms with Gasteiger partial charge in [0.05, 0.1) is 31.6 Å². The summed E-state index contributed by atoms with van der Waals surface area (Å²) in [7, 11) is 0. The van der Waals surface area contributed by atoms with Crippen LogP contribution in [0, 0.1) is 5.92 Å². The highest BCUT2D eigenvalue weighted by Crippen LogP contribution is 2.41. The predicted molar refractivity (Wildman–Crippen MR) is 90.4 cm³/mol. The fourth-order valence-corrected chi connectivity index (χ4v) is 3.90. The molecule has 0 N–H and O–H groups in total. The summed E-state index contributed by atoms with van der Waals surface area (Å²) in [5.74, 6) is 1.20. The lowest BCUT2D eigenvalue weighted by molar-refractivity contribution is -0.127. The van der Waals surface area contributed by atoms with Gasteiger partial charge in [0.2, 0.25) is 5.88 Å². The van der Waals surface area contributed by atoms with Gasteiger partial charge in [0.1, 0.15) is 0 Å². The van der Waals surface area contributed by atoms with Gasteiger partial charge in [-0.1, -0.05) is 6.07 Å². The quantitative estimate of drug-likeness (QED) is 0.855. The number of amides is 1. The van der Waals surface area contributed by atoms with Gasteiger partial charge in [0.15, 0.2) is 5.76 Å². The predicted octanol–water partition coefficient (Wildman–Crippen LogP) is 2.76. The molecule has 1 aliphatic heterocycles. The summed E-state index contributed by atoms with van der Waals surface area (Å²) < 4.78 is 17.3. The van der Waals surface area contributed by atoms with E-state index in [2.05, 4.69) is 4.98 Å². The number of aromatic nitrogens is 1. The van der Waals surface area contributed by atoms with Crippen molar-refractivity contribution < 1.29 is 18.7 Å². The number of rotatable bonds is 4. The number of furan rings is 1. The first-order chi connectivity index (χ1) is 12.3. The molecule has 6 heteroatoms. The zero-order valence-electron chi connectivity index (χ0n) is 14.1. The van der Waals surface area contributed by atoms with E-state index < -0.39 is 0 Å². The third kappa shape index (κ3) is 3.26. The maximum atomic E-state index is 12.6. The molecule has 4 rings (SSSR count). The van der Waals surface area contributed by atoms with Gasteiger partial charge in [0, 0.05) is 24.7 Å². The normalized spacial score (nSPS) is 26.1. The lowest BCUT2D eigenvalue weighted by Crippen LogP contribution is -2.56. The molecule has 1 amide bonds. The molecule has 1 saturated carbocycles. The van der Waals surface area contributed by atoms with Crippen molar-refractivity contribution in [3.05, 3.63) is 48.6 Å². The van der Waals surface area contributed by atoms with Gasteiger partial charge in [-0.3, -0.25) is 4.79 Å². The fourth-order valence-electron chi connectivity index (χ4n) is 3.90. The summed E-state index contributed by atoms with van der Waals surface area (Å²) in [4.78, 5) is 18.7. The number of morpholine rings is 1. The SMILES string of the molecule is O=C(c1ccco1)N1CCO[C@]2(CCC[C@@H]2COc2ccccn2)C1. The van der Waals surface area contributed by atoms with Crippen LogP contribution in [0.15, 0.2) is 47.2 Å². The van der Waals surface area contributed by atoms with Gasteiger partial charge in [-0.25, -0.2) is 4.98 Å². The molecule has 132 valence electrons. The van der Waals surface area contributed by atoms with E-state index in [-0.39, 0.29) is 17.4 Å². The zero-order chi connectivity index (χ0) is 17.1. The van der Waals surface area contributed by atoms with Crippen molar-refractivity contribution in [2.24, 2.45) is 5.92 Å². The molecule has 2 fully saturated rings. The molecule has 2 atom stereocenters. The second-order valence-corrected chi connectivity index (χ2v) is 6.69. The van der Waals surface area contributed by atoms with Crippen LogP contribution in [0.5, 0.6) is 5.88 Å². The molecule has 1 aliphatic carbocycles. The monoisotopic (exact) mass is 342 g/mol. The first-order valence-corrected chi connectivity index (χ1v) is 8.77. The van der Waals surface area contributed by atoms with Crippen molar-refractivity contribution in [1.29, 1.82) is 0 Å². The lowest BCUT2D eigenvalue weighted by Gasteiger charge is -2.43. The Hall–Kier alpha value is -2.34. The van der Waals surface area contributed by atoms with Gasteiger partial charge in [-0.2, -0.15) is 0 Å². The number of carbonyl (C=O) groups is 1. The number of nitrogens with zero attached hydrogens (tertiary/aromatic N) is 2. The number of ether oxygens (including phenoxy) is 2. The molecule has 1 spiro atoms. The van der Waals surface area contributed by atoms with Crippen LogP contribution >= 0.6 is 0 Å². The van der Waals surface area contributed by atoms with E-state index in [1.807, 2.05) is 23.1 Å². The minimum absolute atomic E-state index is 0.0658. The van der Waals surface area contributed by atoms with Crippen molar-refractivity contribution in [2.75, 3.05) is 26.3 Å². The average molecular weight is 342 g/mol. The Labute approximate surface area is 146 Å². The van der Waals surface area contributed by atoms with Crippen LogP contribution in [0.3, 0.4) is 0 Å². The van der Waals surface area contributed by atoms with Gasteiger partial charge < -0.3 is 18.8 Å². The smallest absolute Gasteiger partial charge is 0.289 e. The van der Waals surface area contributed by atoms with E-state index in [1.165, 1.54) is 6.26 Å². The summed E-state index contributed by atoms with van der Waals surface area (Å²) in [5.41, 5.74) is -0.324. The maximum Gasteiger partial charge on any atom is 0.289 e. The van der Waals surface area contributed by atoms with Crippen molar-refractivity contribution in [3.63, 3.8) is 0 Å². The highest BCUT2D eigenvalue weighted by Gasteiger charge is 2.48. The number of hydrogen-bond donors (Lipinski definition) is 0. The van der Waals surface area contributed by atoms with Crippen molar-refractivity contribution >= 4 is 5.91 Å². The summed E-state index contributed by atoms with van der Waals surface area (Å²) >= 11 is 0. The van der Waals surface area contributed by atoms with Crippen molar-refractivity contribution in [2.45, 2.75) is 24.9 Å². The Morgan fingerprint density at radius 1 is 1.36 bits per heavy atom. The Morgan fingerprint density at radius 2 is 2.32 bits per heavy atom. The molecule has 0 unspecified atom stereocenters. The molecule has 25 heavy (non-hydrogen) atoms. The third-order valence-corrected chi connectivity index (χ3v) is 5.20. The highest BCUT2D eigenvalue weighted by molar-refractivity contribution is 5.91.